The lowest BCUT2D eigenvalue weighted by Crippen LogP contribution is -2.32. The first kappa shape index (κ1) is 21.1. The Labute approximate surface area is 186 Å². The van der Waals surface area contributed by atoms with Gasteiger partial charge in [0.15, 0.2) is 5.84 Å². The molecule has 0 saturated heterocycles. The van der Waals surface area contributed by atoms with Crippen molar-refractivity contribution < 1.29 is 19.1 Å². The summed E-state index contributed by atoms with van der Waals surface area (Å²) in [5.74, 6) is 0.465. The van der Waals surface area contributed by atoms with Crippen LogP contribution in [0.2, 0.25) is 0 Å². The van der Waals surface area contributed by atoms with E-state index in [-0.39, 0.29) is 5.91 Å². The molecule has 1 amide bonds. The number of nitrogens with zero attached hydrogens (tertiary/aromatic N) is 2. The number of anilines is 1. The molecular weight excluding hydrogens is 404 g/mol. The van der Waals surface area contributed by atoms with Crippen molar-refractivity contribution >= 4 is 29.5 Å². The minimum absolute atomic E-state index is 0.242. The summed E-state index contributed by atoms with van der Waals surface area (Å²) in [5, 5.41) is 0. The van der Waals surface area contributed by atoms with E-state index in [2.05, 4.69) is 4.99 Å². The molecule has 0 unspecified atom stereocenters. The summed E-state index contributed by atoms with van der Waals surface area (Å²) in [4.78, 5) is 31.4. The molecule has 0 saturated carbocycles. The third-order valence-corrected chi connectivity index (χ3v) is 5.10. The van der Waals surface area contributed by atoms with Gasteiger partial charge in [0.05, 0.1) is 31.0 Å². The molecule has 6 nitrogen and oxygen atoms in total. The van der Waals surface area contributed by atoms with E-state index in [0.717, 1.165) is 16.8 Å². The molecule has 4 rings (SSSR count). The van der Waals surface area contributed by atoms with E-state index >= 15 is 0 Å². The second-order valence-corrected chi connectivity index (χ2v) is 7.26. The number of amidine groups is 1. The number of rotatable bonds is 5. The molecule has 0 radical (unpaired) electrons. The molecule has 0 bridgehead atoms. The van der Waals surface area contributed by atoms with Gasteiger partial charge in [-0.25, -0.2) is 9.79 Å². The first-order chi connectivity index (χ1) is 15.5. The Kier molecular flexibility index (Phi) is 5.85. The quantitative estimate of drug-likeness (QED) is 0.441. The van der Waals surface area contributed by atoms with Crippen LogP contribution >= 0.6 is 0 Å². The number of carbonyl (C=O) groups is 2. The molecule has 1 aliphatic heterocycles. The zero-order valence-electron chi connectivity index (χ0n) is 18.0. The Hall–Kier alpha value is -4.19. The van der Waals surface area contributed by atoms with E-state index in [1.165, 1.54) is 7.11 Å². The summed E-state index contributed by atoms with van der Waals surface area (Å²) in [6.07, 6.45) is 1.70. The molecule has 0 N–H and O–H groups in total. The number of amides is 1. The molecule has 3 aromatic rings. The minimum Gasteiger partial charge on any atom is -0.496 e. The highest BCUT2D eigenvalue weighted by Crippen LogP contribution is 2.31. The Morgan fingerprint density at radius 3 is 2.41 bits per heavy atom. The van der Waals surface area contributed by atoms with Crippen LogP contribution in [0.15, 0.2) is 83.5 Å². The fourth-order valence-corrected chi connectivity index (χ4v) is 3.52. The van der Waals surface area contributed by atoms with E-state index in [4.69, 9.17) is 9.47 Å². The Bertz CT molecular complexity index is 1240. The maximum absolute atomic E-state index is 13.5. The van der Waals surface area contributed by atoms with E-state index in [1.54, 1.807) is 42.4 Å². The highest BCUT2D eigenvalue weighted by atomic mass is 16.5. The summed E-state index contributed by atoms with van der Waals surface area (Å²) in [6, 6.07) is 22.0. The van der Waals surface area contributed by atoms with Crippen molar-refractivity contribution in [2.45, 2.75) is 6.92 Å². The number of methoxy groups -OCH3 is 2. The van der Waals surface area contributed by atoms with Gasteiger partial charge in [0.25, 0.3) is 5.91 Å². The predicted molar refractivity (Wildman–Crippen MR) is 124 cm³/mol. The van der Waals surface area contributed by atoms with Gasteiger partial charge in [-0.2, -0.15) is 0 Å². The van der Waals surface area contributed by atoms with Gasteiger partial charge in [-0.1, -0.05) is 36.4 Å². The molecule has 0 aromatic heterocycles. The van der Waals surface area contributed by atoms with Crippen LogP contribution in [0, 0.1) is 6.92 Å². The van der Waals surface area contributed by atoms with Crippen molar-refractivity contribution in [3.05, 3.63) is 101 Å². The first-order valence-corrected chi connectivity index (χ1v) is 10.0. The minimum atomic E-state index is -0.414. The van der Waals surface area contributed by atoms with Crippen molar-refractivity contribution in [2.24, 2.45) is 4.99 Å². The predicted octanol–water partition coefficient (Wildman–Crippen LogP) is 4.62. The number of para-hydroxylation sites is 1. The van der Waals surface area contributed by atoms with Crippen LogP contribution in [-0.2, 0) is 9.53 Å². The molecule has 1 aliphatic rings. The fraction of sp³-hybridized carbons (Fsp3) is 0.115. The maximum atomic E-state index is 13.5. The third kappa shape index (κ3) is 4.03. The first-order valence-electron chi connectivity index (χ1n) is 10.0. The topological polar surface area (TPSA) is 68.2 Å². The molecule has 0 atom stereocenters. The van der Waals surface area contributed by atoms with Gasteiger partial charge < -0.3 is 9.47 Å². The average molecular weight is 426 g/mol. The number of hydrogen-bond donors (Lipinski definition) is 0. The van der Waals surface area contributed by atoms with E-state index in [0.29, 0.717) is 28.4 Å². The summed E-state index contributed by atoms with van der Waals surface area (Å²) in [5.41, 5.74) is 3.95. The monoisotopic (exact) mass is 426 g/mol. The summed E-state index contributed by atoms with van der Waals surface area (Å²) < 4.78 is 10.3. The van der Waals surface area contributed by atoms with Crippen LogP contribution in [-0.4, -0.2) is 31.9 Å². The number of esters is 1. The largest absolute Gasteiger partial charge is 0.496 e. The Balaban J connectivity index is 1.80. The van der Waals surface area contributed by atoms with Gasteiger partial charge in [0.2, 0.25) is 0 Å². The number of hydrogen-bond acceptors (Lipinski definition) is 5. The van der Waals surface area contributed by atoms with E-state index < -0.39 is 5.97 Å². The molecule has 6 heteroatoms. The number of aliphatic imine (C=N–C) groups is 1. The molecule has 160 valence electrons. The van der Waals surface area contributed by atoms with Gasteiger partial charge in [-0.15, -0.1) is 0 Å². The fourth-order valence-electron chi connectivity index (χ4n) is 3.52. The van der Waals surface area contributed by atoms with Crippen molar-refractivity contribution in [3.63, 3.8) is 0 Å². The maximum Gasteiger partial charge on any atom is 0.337 e. The molecule has 1 heterocycles. The second-order valence-electron chi connectivity index (χ2n) is 7.26. The van der Waals surface area contributed by atoms with Crippen molar-refractivity contribution in [1.29, 1.82) is 0 Å². The van der Waals surface area contributed by atoms with E-state index in [1.807, 2.05) is 55.5 Å². The van der Waals surface area contributed by atoms with Gasteiger partial charge in [-0.3, -0.25) is 9.69 Å². The number of aryl methyl sites for hydroxylation is 1. The Morgan fingerprint density at radius 2 is 1.72 bits per heavy atom. The van der Waals surface area contributed by atoms with Crippen LogP contribution in [0.25, 0.3) is 6.08 Å². The van der Waals surface area contributed by atoms with E-state index in [9.17, 15) is 9.59 Å². The molecule has 32 heavy (non-hydrogen) atoms. The van der Waals surface area contributed by atoms with Crippen LogP contribution in [0.3, 0.4) is 0 Å². The molecule has 0 aliphatic carbocycles. The molecule has 0 fully saturated rings. The normalized spacial score (nSPS) is 14.5. The Morgan fingerprint density at radius 1 is 0.969 bits per heavy atom. The highest BCUT2D eigenvalue weighted by Gasteiger charge is 2.33. The van der Waals surface area contributed by atoms with Gasteiger partial charge >= 0.3 is 5.97 Å². The molecular formula is C26H22N2O4. The van der Waals surface area contributed by atoms with Gasteiger partial charge in [0.1, 0.15) is 11.4 Å². The number of carbonyl (C=O) groups excluding carboxylic acids is 2. The zero-order valence-corrected chi connectivity index (χ0v) is 18.0. The average Bonchev–Trinajstić information content (AvgIpc) is 3.14. The van der Waals surface area contributed by atoms with Gasteiger partial charge in [0, 0.05) is 0 Å². The number of benzene rings is 3. The lowest BCUT2D eigenvalue weighted by atomic mass is 10.1. The lowest BCUT2D eigenvalue weighted by molar-refractivity contribution is -0.113. The standard InChI is InChI=1S/C26H22N2O4/c1-17-7-6-8-20(15-17)28-24(21-9-4-5-10-23(21)31-2)27-22(25(28)29)16-18-11-13-19(14-12-18)26(30)32-3/h4-16H,1-3H3/b22-16+. The number of ether oxygens (including phenoxy) is 2. The summed E-state index contributed by atoms with van der Waals surface area (Å²) in [6.45, 7) is 1.98. The van der Waals surface area contributed by atoms with Crippen LogP contribution < -0.4 is 9.64 Å². The van der Waals surface area contributed by atoms with Gasteiger partial charge in [-0.05, 0) is 60.5 Å². The highest BCUT2D eigenvalue weighted by molar-refractivity contribution is 6.33. The van der Waals surface area contributed by atoms with Crippen molar-refractivity contribution in [3.8, 4) is 5.75 Å². The van der Waals surface area contributed by atoms with Crippen LogP contribution in [0.4, 0.5) is 5.69 Å². The third-order valence-electron chi connectivity index (χ3n) is 5.10. The van der Waals surface area contributed by atoms with Crippen molar-refractivity contribution in [1.82, 2.24) is 0 Å². The van der Waals surface area contributed by atoms with Crippen molar-refractivity contribution in [2.75, 3.05) is 19.1 Å². The smallest absolute Gasteiger partial charge is 0.337 e. The summed E-state index contributed by atoms with van der Waals surface area (Å²) in [7, 11) is 2.93. The lowest BCUT2D eigenvalue weighted by Gasteiger charge is -2.20. The molecule has 3 aromatic carbocycles. The molecule has 0 spiro atoms. The second kappa shape index (κ2) is 8.89. The van der Waals surface area contributed by atoms with Crippen LogP contribution in [0.5, 0.6) is 5.75 Å². The summed E-state index contributed by atoms with van der Waals surface area (Å²) >= 11 is 0. The SMILES string of the molecule is COC(=O)c1ccc(/C=C2/N=C(c3ccccc3OC)N(c3cccc(C)c3)C2=O)cc1. The zero-order chi connectivity index (χ0) is 22.7. The van der Waals surface area contributed by atoms with Crippen LogP contribution in [0.1, 0.15) is 27.0 Å².